The van der Waals surface area contributed by atoms with Gasteiger partial charge < -0.3 is 20.9 Å². The van der Waals surface area contributed by atoms with Gasteiger partial charge in [0.2, 0.25) is 0 Å². The van der Waals surface area contributed by atoms with Gasteiger partial charge in [-0.25, -0.2) is 4.79 Å². The molecule has 0 spiro atoms. The zero-order valence-corrected chi connectivity index (χ0v) is 10.1. The lowest BCUT2D eigenvalue weighted by Crippen LogP contribution is -2.38. The van der Waals surface area contributed by atoms with Crippen LogP contribution < -0.4 is 11.1 Å². The summed E-state index contributed by atoms with van der Waals surface area (Å²) in [5.74, 6) is 0. The number of aliphatic hydroxyl groups is 1. The molecular weight excluding hydrogens is 208 g/mol. The van der Waals surface area contributed by atoms with E-state index in [4.69, 9.17) is 15.6 Å². The Morgan fingerprint density at radius 3 is 2.75 bits per heavy atom. The van der Waals surface area contributed by atoms with Crippen molar-refractivity contribution >= 4 is 6.09 Å². The Balaban J connectivity index is 3.61. The maximum Gasteiger partial charge on any atom is 0.407 e. The summed E-state index contributed by atoms with van der Waals surface area (Å²) in [5.41, 5.74) is 5.36. The maximum absolute atomic E-state index is 11.3. The van der Waals surface area contributed by atoms with Crippen molar-refractivity contribution in [1.29, 1.82) is 0 Å². The van der Waals surface area contributed by atoms with Gasteiger partial charge in [0.15, 0.2) is 0 Å². The topological polar surface area (TPSA) is 84.6 Å². The Morgan fingerprint density at radius 2 is 2.19 bits per heavy atom. The number of rotatable bonds is 9. The second kappa shape index (κ2) is 10.7. The fourth-order valence-corrected chi connectivity index (χ4v) is 1.26. The molecule has 1 amide bonds. The van der Waals surface area contributed by atoms with E-state index in [9.17, 15) is 4.79 Å². The molecule has 0 aromatic carbocycles. The van der Waals surface area contributed by atoms with Crippen molar-refractivity contribution in [1.82, 2.24) is 5.32 Å². The van der Waals surface area contributed by atoms with Crippen molar-refractivity contribution in [3.63, 3.8) is 0 Å². The highest BCUT2D eigenvalue weighted by molar-refractivity contribution is 5.67. The van der Waals surface area contributed by atoms with Crippen molar-refractivity contribution < 1.29 is 14.6 Å². The van der Waals surface area contributed by atoms with E-state index in [0.717, 1.165) is 32.1 Å². The minimum atomic E-state index is -0.444. The van der Waals surface area contributed by atoms with Crippen LogP contribution >= 0.6 is 0 Å². The minimum Gasteiger partial charge on any atom is -0.450 e. The molecule has 0 aromatic heterocycles. The predicted octanol–water partition coefficient (Wildman–Crippen LogP) is 1.00. The first-order chi connectivity index (χ1) is 7.74. The first-order valence-corrected chi connectivity index (χ1v) is 5.98. The maximum atomic E-state index is 11.3. The molecule has 16 heavy (non-hydrogen) atoms. The largest absolute Gasteiger partial charge is 0.450 e. The van der Waals surface area contributed by atoms with Crippen molar-refractivity contribution in [3.05, 3.63) is 0 Å². The van der Waals surface area contributed by atoms with Crippen LogP contribution in [0.4, 0.5) is 4.79 Å². The number of hydrogen-bond donors (Lipinski definition) is 3. The standard InChI is InChI=1S/C11H24N2O3/c1-2-3-8-16-11(15)13-10(9-14)6-4-5-7-12/h10,14H,2-9,12H2,1H3,(H,13,15)/t10-/m0/s1. The molecule has 4 N–H and O–H groups in total. The van der Waals surface area contributed by atoms with E-state index >= 15 is 0 Å². The molecule has 1 atom stereocenters. The Morgan fingerprint density at radius 1 is 1.44 bits per heavy atom. The average molecular weight is 232 g/mol. The van der Waals surface area contributed by atoms with E-state index in [1.807, 2.05) is 6.92 Å². The lowest BCUT2D eigenvalue weighted by molar-refractivity contribution is 0.132. The summed E-state index contributed by atoms with van der Waals surface area (Å²) in [6.07, 6.45) is 3.95. The van der Waals surface area contributed by atoms with Gasteiger partial charge in [0, 0.05) is 0 Å². The molecule has 0 rings (SSSR count). The van der Waals surface area contributed by atoms with Gasteiger partial charge in [-0.15, -0.1) is 0 Å². The molecule has 0 aromatic rings. The van der Waals surface area contributed by atoms with Crippen LogP contribution in [0.3, 0.4) is 0 Å². The molecule has 0 fully saturated rings. The fourth-order valence-electron chi connectivity index (χ4n) is 1.26. The van der Waals surface area contributed by atoms with Gasteiger partial charge in [-0.3, -0.25) is 0 Å². The Kier molecular flexibility index (Phi) is 10.2. The number of amides is 1. The number of alkyl carbamates (subject to hydrolysis) is 1. The number of unbranched alkanes of at least 4 members (excludes halogenated alkanes) is 2. The fraction of sp³-hybridized carbons (Fsp3) is 0.909. The number of ether oxygens (including phenoxy) is 1. The minimum absolute atomic E-state index is 0.0621. The molecule has 0 saturated carbocycles. The summed E-state index contributed by atoms with van der Waals surface area (Å²) in [6.45, 7) is 3.04. The van der Waals surface area contributed by atoms with Crippen molar-refractivity contribution in [3.8, 4) is 0 Å². The van der Waals surface area contributed by atoms with E-state index in [1.54, 1.807) is 0 Å². The molecule has 5 nitrogen and oxygen atoms in total. The third kappa shape index (κ3) is 8.49. The molecule has 0 bridgehead atoms. The molecule has 0 saturated heterocycles. The van der Waals surface area contributed by atoms with E-state index in [0.29, 0.717) is 13.2 Å². The first-order valence-electron chi connectivity index (χ1n) is 5.98. The molecule has 96 valence electrons. The second-order valence-electron chi connectivity index (χ2n) is 3.80. The summed E-state index contributed by atoms with van der Waals surface area (Å²) in [6, 6.07) is -0.222. The summed E-state index contributed by atoms with van der Waals surface area (Å²) >= 11 is 0. The monoisotopic (exact) mass is 232 g/mol. The quantitative estimate of drug-likeness (QED) is 0.518. The Bertz CT molecular complexity index is 177. The van der Waals surface area contributed by atoms with Crippen molar-refractivity contribution in [2.45, 2.75) is 45.1 Å². The number of nitrogens with two attached hydrogens (primary N) is 1. The molecule has 0 aliphatic heterocycles. The van der Waals surface area contributed by atoms with Gasteiger partial charge in [0.05, 0.1) is 19.3 Å². The zero-order valence-electron chi connectivity index (χ0n) is 10.1. The van der Waals surface area contributed by atoms with E-state index in [2.05, 4.69) is 5.32 Å². The molecular formula is C11H24N2O3. The van der Waals surface area contributed by atoms with Gasteiger partial charge in [-0.05, 0) is 25.8 Å². The Hall–Kier alpha value is -0.810. The van der Waals surface area contributed by atoms with Crippen LogP contribution in [0.15, 0.2) is 0 Å². The van der Waals surface area contributed by atoms with Gasteiger partial charge in [0.25, 0.3) is 0 Å². The molecule has 5 heteroatoms. The normalized spacial score (nSPS) is 12.2. The molecule has 0 aliphatic carbocycles. The van der Waals surface area contributed by atoms with Gasteiger partial charge >= 0.3 is 6.09 Å². The highest BCUT2D eigenvalue weighted by Gasteiger charge is 2.11. The van der Waals surface area contributed by atoms with E-state index < -0.39 is 6.09 Å². The van der Waals surface area contributed by atoms with Gasteiger partial charge in [-0.1, -0.05) is 19.8 Å². The Labute approximate surface area is 97.3 Å². The number of carbonyl (C=O) groups is 1. The zero-order chi connectivity index (χ0) is 12.2. The van der Waals surface area contributed by atoms with Crippen LogP contribution in [0.2, 0.25) is 0 Å². The highest BCUT2D eigenvalue weighted by atomic mass is 16.5. The number of aliphatic hydroxyl groups excluding tert-OH is 1. The van der Waals surface area contributed by atoms with Crippen LogP contribution in [-0.2, 0) is 4.74 Å². The summed E-state index contributed by atoms with van der Waals surface area (Å²) in [4.78, 5) is 11.3. The first kappa shape index (κ1) is 15.2. The summed E-state index contributed by atoms with van der Waals surface area (Å²) in [7, 11) is 0. The van der Waals surface area contributed by atoms with Crippen LogP contribution in [-0.4, -0.2) is 37.0 Å². The van der Waals surface area contributed by atoms with E-state index in [-0.39, 0.29) is 12.6 Å². The second-order valence-corrected chi connectivity index (χ2v) is 3.80. The highest BCUT2D eigenvalue weighted by Crippen LogP contribution is 2.00. The lowest BCUT2D eigenvalue weighted by atomic mass is 10.1. The van der Waals surface area contributed by atoms with Crippen LogP contribution in [0.25, 0.3) is 0 Å². The van der Waals surface area contributed by atoms with Crippen molar-refractivity contribution in [2.24, 2.45) is 5.73 Å². The third-order valence-electron chi connectivity index (χ3n) is 2.28. The third-order valence-corrected chi connectivity index (χ3v) is 2.28. The molecule has 0 radical (unpaired) electrons. The number of nitrogens with one attached hydrogen (secondary N) is 1. The number of carbonyl (C=O) groups excluding carboxylic acids is 1. The molecule has 0 unspecified atom stereocenters. The number of hydrogen-bond acceptors (Lipinski definition) is 4. The van der Waals surface area contributed by atoms with Crippen LogP contribution in [0, 0.1) is 0 Å². The van der Waals surface area contributed by atoms with Crippen LogP contribution in [0.5, 0.6) is 0 Å². The van der Waals surface area contributed by atoms with Gasteiger partial charge in [0.1, 0.15) is 0 Å². The van der Waals surface area contributed by atoms with E-state index in [1.165, 1.54) is 0 Å². The molecule has 0 aliphatic rings. The average Bonchev–Trinajstić information content (AvgIpc) is 2.28. The lowest BCUT2D eigenvalue weighted by Gasteiger charge is -2.15. The SMILES string of the molecule is CCCCOC(=O)N[C@H](CO)CCCCN. The summed E-state index contributed by atoms with van der Waals surface area (Å²) < 4.78 is 4.94. The predicted molar refractivity (Wildman–Crippen MR) is 63.2 cm³/mol. The van der Waals surface area contributed by atoms with Crippen molar-refractivity contribution in [2.75, 3.05) is 19.8 Å². The van der Waals surface area contributed by atoms with Crippen LogP contribution in [0.1, 0.15) is 39.0 Å². The summed E-state index contributed by atoms with van der Waals surface area (Å²) in [5, 5.41) is 11.7. The smallest absolute Gasteiger partial charge is 0.407 e. The van der Waals surface area contributed by atoms with Gasteiger partial charge in [-0.2, -0.15) is 0 Å². The molecule has 0 heterocycles.